The van der Waals surface area contributed by atoms with Crippen molar-refractivity contribution in [1.82, 2.24) is 0 Å². The van der Waals surface area contributed by atoms with Crippen molar-refractivity contribution >= 4 is 35.0 Å². The standard InChI is InChI=1S/C9H8Cl2O3/c1-9(14-8(13)7(10)11)4-2-6(12)3-5-9/h2-5,7H,1H3. The third-order valence-electron chi connectivity index (χ3n) is 1.66. The summed E-state index contributed by atoms with van der Waals surface area (Å²) < 4.78 is 4.96. The number of ketones is 1. The Morgan fingerprint density at radius 3 is 2.36 bits per heavy atom. The molecular formula is C9H8Cl2O3. The van der Waals surface area contributed by atoms with Crippen molar-refractivity contribution in [3.8, 4) is 0 Å². The molecule has 0 radical (unpaired) electrons. The van der Waals surface area contributed by atoms with Gasteiger partial charge in [0.05, 0.1) is 0 Å². The number of carbonyl (C=O) groups excluding carboxylic acids is 2. The van der Waals surface area contributed by atoms with Crippen molar-refractivity contribution in [2.75, 3.05) is 0 Å². The first-order valence-corrected chi connectivity index (χ1v) is 4.74. The van der Waals surface area contributed by atoms with Crippen LogP contribution in [-0.2, 0) is 14.3 Å². The maximum Gasteiger partial charge on any atom is 0.340 e. The van der Waals surface area contributed by atoms with Crippen LogP contribution in [0.4, 0.5) is 0 Å². The van der Waals surface area contributed by atoms with Gasteiger partial charge in [-0.25, -0.2) is 4.79 Å². The fourth-order valence-corrected chi connectivity index (χ4v) is 1.02. The molecule has 0 fully saturated rings. The van der Waals surface area contributed by atoms with Crippen LogP contribution in [0.5, 0.6) is 0 Å². The first-order chi connectivity index (χ1) is 6.43. The quantitative estimate of drug-likeness (QED) is 0.541. The van der Waals surface area contributed by atoms with E-state index in [1.807, 2.05) is 0 Å². The molecular weight excluding hydrogens is 227 g/mol. The van der Waals surface area contributed by atoms with Gasteiger partial charge in [0.2, 0.25) is 4.84 Å². The number of allylic oxidation sites excluding steroid dienone is 2. The minimum atomic E-state index is -1.22. The zero-order valence-electron chi connectivity index (χ0n) is 7.37. The second-order valence-electron chi connectivity index (χ2n) is 2.97. The van der Waals surface area contributed by atoms with E-state index in [1.165, 1.54) is 24.3 Å². The van der Waals surface area contributed by atoms with Crippen LogP contribution in [0.15, 0.2) is 24.3 Å². The van der Waals surface area contributed by atoms with Gasteiger partial charge in [0.1, 0.15) is 5.60 Å². The number of hydrogen-bond donors (Lipinski definition) is 0. The molecule has 5 heteroatoms. The van der Waals surface area contributed by atoms with Crippen molar-refractivity contribution in [1.29, 1.82) is 0 Å². The highest BCUT2D eigenvalue weighted by molar-refractivity contribution is 6.52. The van der Waals surface area contributed by atoms with E-state index in [0.717, 1.165) is 0 Å². The van der Waals surface area contributed by atoms with E-state index in [9.17, 15) is 9.59 Å². The molecule has 0 aromatic rings. The van der Waals surface area contributed by atoms with E-state index in [1.54, 1.807) is 6.92 Å². The molecule has 76 valence electrons. The van der Waals surface area contributed by atoms with Crippen LogP contribution in [0.2, 0.25) is 0 Å². The predicted octanol–water partition coefficient (Wildman–Crippen LogP) is 1.79. The molecule has 1 aliphatic rings. The molecule has 0 spiro atoms. The van der Waals surface area contributed by atoms with E-state index >= 15 is 0 Å². The average molecular weight is 235 g/mol. The van der Waals surface area contributed by atoms with E-state index < -0.39 is 16.4 Å². The number of ether oxygens (including phenoxy) is 1. The molecule has 0 saturated carbocycles. The van der Waals surface area contributed by atoms with Gasteiger partial charge in [-0.05, 0) is 31.2 Å². The number of hydrogen-bond acceptors (Lipinski definition) is 3. The molecule has 1 aliphatic carbocycles. The molecule has 1 rings (SSSR count). The lowest BCUT2D eigenvalue weighted by molar-refractivity contribution is -0.148. The molecule has 0 aromatic carbocycles. The van der Waals surface area contributed by atoms with Crippen molar-refractivity contribution < 1.29 is 14.3 Å². The number of rotatable bonds is 2. The van der Waals surface area contributed by atoms with Gasteiger partial charge in [-0.3, -0.25) is 4.79 Å². The Bertz CT molecular complexity index is 302. The number of carbonyl (C=O) groups is 2. The maximum absolute atomic E-state index is 11.1. The third-order valence-corrected chi connectivity index (χ3v) is 2.01. The van der Waals surface area contributed by atoms with Crippen molar-refractivity contribution in [2.45, 2.75) is 17.4 Å². The summed E-state index contributed by atoms with van der Waals surface area (Å²) in [7, 11) is 0. The first kappa shape index (κ1) is 11.3. The molecule has 0 N–H and O–H groups in total. The molecule has 0 bridgehead atoms. The van der Waals surface area contributed by atoms with Crippen LogP contribution in [0, 0.1) is 0 Å². The Kier molecular flexibility index (Phi) is 3.34. The summed E-state index contributed by atoms with van der Waals surface area (Å²) in [6, 6.07) is 0. The molecule has 14 heavy (non-hydrogen) atoms. The Hall–Kier alpha value is -0.800. The smallest absolute Gasteiger partial charge is 0.340 e. The fourth-order valence-electron chi connectivity index (χ4n) is 0.936. The number of alkyl halides is 2. The van der Waals surface area contributed by atoms with E-state index in [-0.39, 0.29) is 5.78 Å². The second kappa shape index (κ2) is 4.15. The lowest BCUT2D eigenvalue weighted by atomic mass is 10.00. The SMILES string of the molecule is CC1(OC(=O)C(Cl)Cl)C=CC(=O)C=C1. The number of halogens is 2. The summed E-state index contributed by atoms with van der Waals surface area (Å²) in [6.07, 6.45) is 5.60. The van der Waals surface area contributed by atoms with E-state index in [2.05, 4.69) is 0 Å². The average Bonchev–Trinajstić information content (AvgIpc) is 2.10. The zero-order valence-corrected chi connectivity index (χ0v) is 8.88. The van der Waals surface area contributed by atoms with Gasteiger partial charge < -0.3 is 4.74 Å². The Labute approximate surface area is 91.3 Å². The van der Waals surface area contributed by atoms with Gasteiger partial charge in [0, 0.05) is 0 Å². The molecule has 3 nitrogen and oxygen atoms in total. The monoisotopic (exact) mass is 234 g/mol. The summed E-state index contributed by atoms with van der Waals surface area (Å²) in [5.74, 6) is -0.883. The summed E-state index contributed by atoms with van der Waals surface area (Å²) in [4.78, 5) is 20.6. The van der Waals surface area contributed by atoms with Gasteiger partial charge in [-0.1, -0.05) is 23.2 Å². The lowest BCUT2D eigenvalue weighted by Crippen LogP contribution is -2.31. The summed E-state index contributed by atoms with van der Waals surface area (Å²) in [6.45, 7) is 1.63. The van der Waals surface area contributed by atoms with Gasteiger partial charge in [0.15, 0.2) is 5.78 Å². The summed E-state index contributed by atoms with van der Waals surface area (Å²) in [5.41, 5.74) is -0.937. The van der Waals surface area contributed by atoms with Crippen molar-refractivity contribution in [3.63, 3.8) is 0 Å². The zero-order chi connectivity index (χ0) is 10.8. The summed E-state index contributed by atoms with van der Waals surface area (Å²) >= 11 is 10.6. The molecule has 0 amide bonds. The maximum atomic E-state index is 11.1. The van der Waals surface area contributed by atoms with Crippen LogP contribution in [0.3, 0.4) is 0 Å². The Balaban J connectivity index is 2.69. The minimum Gasteiger partial charge on any atom is -0.449 e. The topological polar surface area (TPSA) is 43.4 Å². The summed E-state index contributed by atoms with van der Waals surface area (Å²) in [5, 5.41) is 0. The van der Waals surface area contributed by atoms with Gasteiger partial charge in [-0.15, -0.1) is 0 Å². The largest absolute Gasteiger partial charge is 0.449 e. The molecule has 0 unspecified atom stereocenters. The normalized spacial score (nSPS) is 18.7. The highest BCUT2D eigenvalue weighted by Gasteiger charge is 2.27. The highest BCUT2D eigenvalue weighted by Crippen LogP contribution is 2.20. The molecule has 0 saturated heterocycles. The molecule has 0 heterocycles. The Morgan fingerprint density at radius 1 is 1.43 bits per heavy atom. The van der Waals surface area contributed by atoms with Crippen LogP contribution in [0.25, 0.3) is 0 Å². The van der Waals surface area contributed by atoms with E-state index in [4.69, 9.17) is 27.9 Å². The minimum absolute atomic E-state index is 0.146. The van der Waals surface area contributed by atoms with Crippen molar-refractivity contribution in [3.05, 3.63) is 24.3 Å². The lowest BCUT2D eigenvalue weighted by Gasteiger charge is -2.24. The van der Waals surface area contributed by atoms with Crippen LogP contribution in [0.1, 0.15) is 6.92 Å². The molecule has 0 aliphatic heterocycles. The van der Waals surface area contributed by atoms with Gasteiger partial charge in [0.25, 0.3) is 0 Å². The van der Waals surface area contributed by atoms with E-state index in [0.29, 0.717) is 0 Å². The molecule has 0 aromatic heterocycles. The third kappa shape index (κ3) is 2.86. The predicted molar refractivity (Wildman–Crippen MR) is 53.3 cm³/mol. The van der Waals surface area contributed by atoms with Crippen LogP contribution < -0.4 is 0 Å². The van der Waals surface area contributed by atoms with Gasteiger partial charge in [-0.2, -0.15) is 0 Å². The van der Waals surface area contributed by atoms with Crippen molar-refractivity contribution in [2.24, 2.45) is 0 Å². The van der Waals surface area contributed by atoms with Crippen LogP contribution >= 0.6 is 23.2 Å². The van der Waals surface area contributed by atoms with Gasteiger partial charge >= 0.3 is 5.97 Å². The Morgan fingerprint density at radius 2 is 1.93 bits per heavy atom. The fraction of sp³-hybridized carbons (Fsp3) is 0.333. The van der Waals surface area contributed by atoms with Crippen LogP contribution in [-0.4, -0.2) is 22.2 Å². The molecule has 0 atom stereocenters. The second-order valence-corrected chi connectivity index (χ2v) is 4.07. The highest BCUT2D eigenvalue weighted by atomic mass is 35.5. The number of esters is 1. The first-order valence-electron chi connectivity index (χ1n) is 3.86.